The Hall–Kier alpha value is -1.91. The summed E-state index contributed by atoms with van der Waals surface area (Å²) in [7, 11) is 0. The zero-order valence-corrected chi connectivity index (χ0v) is 12.2. The van der Waals surface area contributed by atoms with Crippen molar-refractivity contribution in [2.24, 2.45) is 5.92 Å². The minimum atomic E-state index is -0.518. The quantitative estimate of drug-likeness (QED) is 0.889. The van der Waals surface area contributed by atoms with Crippen molar-refractivity contribution < 1.29 is 14.0 Å². The van der Waals surface area contributed by atoms with Crippen molar-refractivity contribution in [1.82, 2.24) is 0 Å². The van der Waals surface area contributed by atoms with Crippen LogP contribution in [-0.2, 0) is 9.59 Å². The number of nitrogens with one attached hydrogen (secondary N) is 2. The van der Waals surface area contributed by atoms with Crippen LogP contribution in [0.5, 0.6) is 0 Å². The fourth-order valence-corrected chi connectivity index (χ4v) is 2.75. The third-order valence-electron chi connectivity index (χ3n) is 3.76. The van der Waals surface area contributed by atoms with Gasteiger partial charge in [0.1, 0.15) is 5.82 Å². The Balaban J connectivity index is 1.95. The summed E-state index contributed by atoms with van der Waals surface area (Å²) < 4.78 is 13.5. The second kappa shape index (κ2) is 7.20. The van der Waals surface area contributed by atoms with Gasteiger partial charge in [-0.25, -0.2) is 4.39 Å². The lowest BCUT2D eigenvalue weighted by Gasteiger charge is -2.20. The molecule has 0 radical (unpaired) electrons. The van der Waals surface area contributed by atoms with E-state index in [4.69, 9.17) is 0 Å². The van der Waals surface area contributed by atoms with E-state index in [0.717, 1.165) is 12.8 Å². The van der Waals surface area contributed by atoms with Crippen molar-refractivity contribution in [3.05, 3.63) is 24.0 Å². The molecule has 21 heavy (non-hydrogen) atoms. The maximum atomic E-state index is 13.5. The predicted octanol–water partition coefficient (Wildman–Crippen LogP) is 3.69. The number of amides is 2. The number of carbonyl (C=O) groups excluding carboxylic acids is 2. The number of hydrogen-bond acceptors (Lipinski definition) is 2. The maximum Gasteiger partial charge on any atom is 0.224 e. The SMILES string of the molecule is CC(=O)Nc1cc(NC(=O)CC2CCCCC2)ccc1F. The fraction of sp³-hybridized carbons (Fsp3) is 0.500. The van der Waals surface area contributed by atoms with Gasteiger partial charge < -0.3 is 10.6 Å². The number of benzene rings is 1. The van der Waals surface area contributed by atoms with Crippen LogP contribution in [0.1, 0.15) is 45.4 Å². The van der Waals surface area contributed by atoms with E-state index in [9.17, 15) is 14.0 Å². The molecule has 0 heterocycles. The molecule has 4 nitrogen and oxygen atoms in total. The van der Waals surface area contributed by atoms with Crippen LogP contribution in [0, 0.1) is 11.7 Å². The molecule has 0 unspecified atom stereocenters. The lowest BCUT2D eigenvalue weighted by atomic mass is 9.87. The lowest BCUT2D eigenvalue weighted by molar-refractivity contribution is -0.117. The number of carbonyl (C=O) groups is 2. The molecule has 1 saturated carbocycles. The van der Waals surface area contributed by atoms with Gasteiger partial charge in [-0.3, -0.25) is 9.59 Å². The predicted molar refractivity (Wildman–Crippen MR) is 80.5 cm³/mol. The Morgan fingerprint density at radius 1 is 1.19 bits per heavy atom. The van der Waals surface area contributed by atoms with Crippen LogP contribution in [0.2, 0.25) is 0 Å². The van der Waals surface area contributed by atoms with Crippen molar-refractivity contribution in [3.8, 4) is 0 Å². The highest BCUT2D eigenvalue weighted by Crippen LogP contribution is 2.27. The number of rotatable bonds is 4. The van der Waals surface area contributed by atoms with E-state index in [1.807, 2.05) is 0 Å². The summed E-state index contributed by atoms with van der Waals surface area (Å²) in [5, 5.41) is 5.18. The van der Waals surface area contributed by atoms with E-state index in [1.165, 1.54) is 44.4 Å². The van der Waals surface area contributed by atoms with E-state index in [2.05, 4.69) is 10.6 Å². The van der Waals surface area contributed by atoms with Gasteiger partial charge in [0, 0.05) is 19.0 Å². The third kappa shape index (κ3) is 4.85. The van der Waals surface area contributed by atoms with Crippen LogP contribution in [0.4, 0.5) is 15.8 Å². The zero-order chi connectivity index (χ0) is 15.2. The molecule has 0 atom stereocenters. The minimum Gasteiger partial charge on any atom is -0.326 e. The molecule has 2 rings (SSSR count). The van der Waals surface area contributed by atoms with Gasteiger partial charge in [-0.05, 0) is 37.0 Å². The molecule has 2 amide bonds. The first-order chi connectivity index (χ1) is 10.0. The molecule has 0 aliphatic heterocycles. The summed E-state index contributed by atoms with van der Waals surface area (Å²) >= 11 is 0. The fourth-order valence-electron chi connectivity index (χ4n) is 2.75. The van der Waals surface area contributed by atoms with E-state index >= 15 is 0 Å². The molecule has 114 valence electrons. The van der Waals surface area contributed by atoms with E-state index in [0.29, 0.717) is 18.0 Å². The van der Waals surface area contributed by atoms with Gasteiger partial charge in [-0.2, -0.15) is 0 Å². The van der Waals surface area contributed by atoms with Gasteiger partial charge in [-0.1, -0.05) is 19.3 Å². The second-order valence-electron chi connectivity index (χ2n) is 5.63. The maximum absolute atomic E-state index is 13.5. The molecule has 0 bridgehead atoms. The molecular weight excluding hydrogens is 271 g/mol. The van der Waals surface area contributed by atoms with Gasteiger partial charge >= 0.3 is 0 Å². The summed E-state index contributed by atoms with van der Waals surface area (Å²) in [6, 6.07) is 4.18. The van der Waals surface area contributed by atoms with Crippen LogP contribution < -0.4 is 10.6 Å². The minimum absolute atomic E-state index is 0.0534. The van der Waals surface area contributed by atoms with Crippen molar-refractivity contribution in [2.75, 3.05) is 10.6 Å². The van der Waals surface area contributed by atoms with Crippen LogP contribution in [0.25, 0.3) is 0 Å². The molecule has 0 spiro atoms. The largest absolute Gasteiger partial charge is 0.326 e. The average molecular weight is 292 g/mol. The highest BCUT2D eigenvalue weighted by Gasteiger charge is 2.17. The zero-order valence-electron chi connectivity index (χ0n) is 12.2. The van der Waals surface area contributed by atoms with Gasteiger partial charge in [0.05, 0.1) is 5.69 Å². The van der Waals surface area contributed by atoms with Crippen molar-refractivity contribution in [3.63, 3.8) is 0 Å². The van der Waals surface area contributed by atoms with Crippen LogP contribution in [0.3, 0.4) is 0 Å². The Morgan fingerprint density at radius 2 is 1.90 bits per heavy atom. The van der Waals surface area contributed by atoms with E-state index in [-0.39, 0.29) is 17.5 Å². The van der Waals surface area contributed by atoms with Crippen molar-refractivity contribution >= 4 is 23.2 Å². The van der Waals surface area contributed by atoms with E-state index < -0.39 is 5.82 Å². The van der Waals surface area contributed by atoms with Gasteiger partial charge in [0.15, 0.2) is 0 Å². The highest BCUT2D eigenvalue weighted by atomic mass is 19.1. The van der Waals surface area contributed by atoms with E-state index in [1.54, 1.807) is 0 Å². The normalized spacial score (nSPS) is 15.5. The second-order valence-corrected chi connectivity index (χ2v) is 5.63. The van der Waals surface area contributed by atoms with Gasteiger partial charge in [-0.15, -0.1) is 0 Å². The summed E-state index contributed by atoms with van der Waals surface area (Å²) in [6.45, 7) is 1.31. The molecule has 5 heteroatoms. The summed E-state index contributed by atoms with van der Waals surface area (Å²) in [5.74, 6) is -0.466. The van der Waals surface area contributed by atoms with Crippen LogP contribution >= 0.6 is 0 Å². The van der Waals surface area contributed by atoms with Crippen LogP contribution in [-0.4, -0.2) is 11.8 Å². The summed E-state index contributed by atoms with van der Waals surface area (Å²) in [6.07, 6.45) is 6.37. The lowest BCUT2D eigenvalue weighted by Crippen LogP contribution is -2.18. The van der Waals surface area contributed by atoms with Crippen LogP contribution in [0.15, 0.2) is 18.2 Å². The van der Waals surface area contributed by atoms with Gasteiger partial charge in [0.25, 0.3) is 0 Å². The highest BCUT2D eigenvalue weighted by molar-refractivity contribution is 5.93. The Labute approximate surface area is 124 Å². The molecule has 2 N–H and O–H groups in total. The molecule has 1 aromatic rings. The monoisotopic (exact) mass is 292 g/mol. The first-order valence-electron chi connectivity index (χ1n) is 7.41. The molecule has 0 aromatic heterocycles. The third-order valence-corrected chi connectivity index (χ3v) is 3.76. The topological polar surface area (TPSA) is 58.2 Å². The summed E-state index contributed by atoms with van der Waals surface area (Å²) in [4.78, 5) is 23.0. The first-order valence-corrected chi connectivity index (χ1v) is 7.41. The Bertz CT molecular complexity index is 525. The Kier molecular flexibility index (Phi) is 5.31. The average Bonchev–Trinajstić information content (AvgIpc) is 2.43. The molecule has 0 saturated heterocycles. The molecule has 1 aliphatic rings. The van der Waals surface area contributed by atoms with Crippen molar-refractivity contribution in [1.29, 1.82) is 0 Å². The Morgan fingerprint density at radius 3 is 2.57 bits per heavy atom. The first kappa shape index (κ1) is 15.5. The molecule has 1 fully saturated rings. The number of hydrogen-bond donors (Lipinski definition) is 2. The summed E-state index contributed by atoms with van der Waals surface area (Å²) in [5.41, 5.74) is 0.582. The smallest absolute Gasteiger partial charge is 0.224 e. The standard InChI is InChI=1S/C16H21FN2O2/c1-11(20)18-15-10-13(7-8-14(15)17)19-16(21)9-12-5-3-2-4-6-12/h7-8,10,12H,2-6,9H2,1H3,(H,18,20)(H,19,21). The number of halogens is 1. The molecule has 1 aromatic carbocycles. The number of anilines is 2. The molecule has 1 aliphatic carbocycles. The molecular formula is C16H21FN2O2. The van der Waals surface area contributed by atoms with Gasteiger partial charge in [0.2, 0.25) is 11.8 Å². The van der Waals surface area contributed by atoms with Crippen molar-refractivity contribution in [2.45, 2.75) is 45.4 Å².